The predicted molar refractivity (Wildman–Crippen MR) is 78.4 cm³/mol. The molecule has 0 saturated carbocycles. The molecule has 2 aromatic rings. The molecule has 0 radical (unpaired) electrons. The molecule has 2 heterocycles. The van der Waals surface area contributed by atoms with Crippen molar-refractivity contribution in [2.24, 2.45) is 7.05 Å². The summed E-state index contributed by atoms with van der Waals surface area (Å²) in [5.41, 5.74) is 1.84. The van der Waals surface area contributed by atoms with Gasteiger partial charge in [-0.1, -0.05) is 0 Å². The van der Waals surface area contributed by atoms with Crippen LogP contribution >= 0.6 is 47.8 Å². The Morgan fingerprint density at radius 1 is 1.44 bits per heavy atom. The molecule has 0 aliphatic carbocycles. The summed E-state index contributed by atoms with van der Waals surface area (Å²) in [6.45, 7) is 1.92. The number of aliphatic hydroxyl groups is 1. The van der Waals surface area contributed by atoms with Crippen LogP contribution in [0.3, 0.4) is 0 Å². The lowest BCUT2D eigenvalue weighted by molar-refractivity contribution is 0.146. The molecule has 0 bridgehead atoms. The number of halogens is 3. The minimum Gasteiger partial charge on any atom is -0.450 e. The van der Waals surface area contributed by atoms with E-state index in [1.165, 1.54) is 0 Å². The summed E-state index contributed by atoms with van der Waals surface area (Å²) in [6.07, 6.45) is -0.275. The van der Waals surface area contributed by atoms with E-state index >= 15 is 0 Å². The molecular formula is C11H11Br3N2O2. The van der Waals surface area contributed by atoms with Crippen LogP contribution in [0.4, 0.5) is 0 Å². The smallest absolute Gasteiger partial charge is 0.183 e. The highest BCUT2D eigenvalue weighted by Crippen LogP contribution is 2.32. The van der Waals surface area contributed by atoms with Crippen molar-refractivity contribution in [3.05, 3.63) is 36.8 Å². The maximum atomic E-state index is 10.2. The summed E-state index contributed by atoms with van der Waals surface area (Å²) in [4.78, 5) is 0. The van der Waals surface area contributed by atoms with E-state index in [9.17, 15) is 5.11 Å². The van der Waals surface area contributed by atoms with E-state index in [0.717, 1.165) is 20.3 Å². The van der Waals surface area contributed by atoms with Crippen molar-refractivity contribution in [2.45, 2.75) is 19.4 Å². The lowest BCUT2D eigenvalue weighted by Crippen LogP contribution is -2.06. The Morgan fingerprint density at radius 2 is 2.11 bits per heavy atom. The molecule has 2 aromatic heterocycles. The standard InChI is InChI=1S/C11H11Br3N2O2/c1-5-10(13)7(16(2)15-5)4-8(17)9-3-6(12)11(14)18-9/h3,8,17H,4H2,1-2H3. The van der Waals surface area contributed by atoms with Gasteiger partial charge in [0.05, 0.1) is 20.3 Å². The number of nitrogens with zero attached hydrogens (tertiary/aromatic N) is 2. The van der Waals surface area contributed by atoms with Crippen molar-refractivity contribution in [3.8, 4) is 0 Å². The summed E-state index contributed by atoms with van der Waals surface area (Å²) in [7, 11) is 1.85. The first-order valence-electron chi connectivity index (χ1n) is 5.21. The molecule has 0 saturated heterocycles. The average Bonchev–Trinajstić information content (AvgIpc) is 2.75. The van der Waals surface area contributed by atoms with Crippen LogP contribution < -0.4 is 0 Å². The number of rotatable bonds is 3. The molecule has 0 aliphatic heterocycles. The average molecular weight is 443 g/mol. The van der Waals surface area contributed by atoms with Gasteiger partial charge in [0.1, 0.15) is 11.9 Å². The van der Waals surface area contributed by atoms with Gasteiger partial charge in [0.25, 0.3) is 0 Å². The van der Waals surface area contributed by atoms with Crippen LogP contribution in [0.25, 0.3) is 0 Å². The molecule has 0 aromatic carbocycles. The van der Waals surface area contributed by atoms with Crippen LogP contribution in [0.1, 0.15) is 23.3 Å². The SMILES string of the molecule is Cc1nn(C)c(CC(O)c2cc(Br)c(Br)o2)c1Br. The van der Waals surface area contributed by atoms with Crippen LogP contribution in [0.15, 0.2) is 24.1 Å². The van der Waals surface area contributed by atoms with Gasteiger partial charge in [-0.05, 0) is 60.8 Å². The second kappa shape index (κ2) is 5.48. The Morgan fingerprint density at radius 3 is 2.56 bits per heavy atom. The van der Waals surface area contributed by atoms with Gasteiger partial charge in [0.15, 0.2) is 4.67 Å². The zero-order valence-electron chi connectivity index (χ0n) is 9.75. The second-order valence-corrected chi connectivity index (χ2v) is 6.33. The number of aryl methyl sites for hydroxylation is 2. The van der Waals surface area contributed by atoms with Crippen LogP contribution in [0.2, 0.25) is 0 Å². The first-order chi connectivity index (χ1) is 8.40. The minimum absolute atomic E-state index is 0.435. The molecule has 1 N–H and O–H groups in total. The van der Waals surface area contributed by atoms with Crippen molar-refractivity contribution in [3.63, 3.8) is 0 Å². The fourth-order valence-electron chi connectivity index (χ4n) is 1.71. The van der Waals surface area contributed by atoms with Gasteiger partial charge in [-0.25, -0.2) is 0 Å². The van der Waals surface area contributed by atoms with E-state index in [1.54, 1.807) is 10.7 Å². The summed E-state index contributed by atoms with van der Waals surface area (Å²) in [5.74, 6) is 0.513. The largest absolute Gasteiger partial charge is 0.450 e. The van der Waals surface area contributed by atoms with Crippen molar-refractivity contribution >= 4 is 47.8 Å². The van der Waals surface area contributed by atoms with E-state index in [2.05, 4.69) is 52.9 Å². The van der Waals surface area contributed by atoms with Crippen LogP contribution in [0, 0.1) is 6.92 Å². The molecule has 0 aliphatic rings. The molecule has 0 amide bonds. The van der Waals surface area contributed by atoms with Gasteiger partial charge < -0.3 is 9.52 Å². The lowest BCUT2D eigenvalue weighted by atomic mass is 10.1. The molecule has 0 spiro atoms. The van der Waals surface area contributed by atoms with E-state index in [4.69, 9.17) is 4.42 Å². The Bertz CT molecular complexity index is 558. The van der Waals surface area contributed by atoms with Gasteiger partial charge in [0, 0.05) is 13.5 Å². The molecule has 18 heavy (non-hydrogen) atoms. The first-order valence-corrected chi connectivity index (χ1v) is 7.58. The third kappa shape index (κ3) is 2.74. The van der Waals surface area contributed by atoms with E-state index in [0.29, 0.717) is 16.9 Å². The highest BCUT2D eigenvalue weighted by Gasteiger charge is 2.20. The quantitative estimate of drug-likeness (QED) is 0.784. The Hall–Kier alpha value is -0.110. The molecule has 1 atom stereocenters. The molecule has 7 heteroatoms. The maximum absolute atomic E-state index is 10.2. The highest BCUT2D eigenvalue weighted by molar-refractivity contribution is 9.13. The van der Waals surface area contributed by atoms with E-state index in [1.807, 2.05) is 14.0 Å². The molecule has 98 valence electrons. The van der Waals surface area contributed by atoms with Gasteiger partial charge in [-0.3, -0.25) is 4.68 Å². The zero-order valence-corrected chi connectivity index (χ0v) is 14.5. The highest BCUT2D eigenvalue weighted by atomic mass is 79.9. The topological polar surface area (TPSA) is 51.2 Å². The van der Waals surface area contributed by atoms with Crippen molar-refractivity contribution in [2.75, 3.05) is 0 Å². The van der Waals surface area contributed by atoms with Gasteiger partial charge in [-0.2, -0.15) is 5.10 Å². The molecule has 1 unspecified atom stereocenters. The van der Waals surface area contributed by atoms with Crippen molar-refractivity contribution in [1.82, 2.24) is 9.78 Å². The normalized spacial score (nSPS) is 13.0. The fourth-order valence-corrected chi connectivity index (χ4v) is 2.82. The Labute approximate surface area is 130 Å². The Kier molecular flexibility index (Phi) is 4.36. The first kappa shape index (κ1) is 14.3. The monoisotopic (exact) mass is 440 g/mol. The van der Waals surface area contributed by atoms with Gasteiger partial charge >= 0.3 is 0 Å². The third-order valence-electron chi connectivity index (χ3n) is 2.64. The molecule has 2 rings (SSSR count). The van der Waals surface area contributed by atoms with Crippen LogP contribution in [0.5, 0.6) is 0 Å². The number of aromatic nitrogens is 2. The van der Waals surface area contributed by atoms with Crippen molar-refractivity contribution in [1.29, 1.82) is 0 Å². The minimum atomic E-state index is -0.710. The van der Waals surface area contributed by atoms with E-state index < -0.39 is 6.10 Å². The molecule has 0 fully saturated rings. The summed E-state index contributed by atoms with van der Waals surface area (Å²) in [5, 5.41) is 14.5. The van der Waals surface area contributed by atoms with E-state index in [-0.39, 0.29) is 0 Å². The molecular weight excluding hydrogens is 432 g/mol. The lowest BCUT2D eigenvalue weighted by Gasteiger charge is -2.08. The van der Waals surface area contributed by atoms with Crippen LogP contribution in [-0.2, 0) is 13.5 Å². The number of aliphatic hydroxyl groups excluding tert-OH is 1. The Balaban J connectivity index is 2.23. The molecule has 4 nitrogen and oxygen atoms in total. The van der Waals surface area contributed by atoms with Gasteiger partial charge in [-0.15, -0.1) is 0 Å². The summed E-state index contributed by atoms with van der Waals surface area (Å²) in [6, 6.07) is 1.76. The number of hydrogen-bond acceptors (Lipinski definition) is 3. The maximum Gasteiger partial charge on any atom is 0.183 e. The number of hydrogen-bond donors (Lipinski definition) is 1. The van der Waals surface area contributed by atoms with Crippen LogP contribution in [-0.4, -0.2) is 14.9 Å². The summed E-state index contributed by atoms with van der Waals surface area (Å²) >= 11 is 10.1. The zero-order chi connectivity index (χ0) is 13.4. The van der Waals surface area contributed by atoms with Crippen molar-refractivity contribution < 1.29 is 9.52 Å². The summed E-state index contributed by atoms with van der Waals surface area (Å²) < 4.78 is 9.46. The predicted octanol–water partition coefficient (Wildman–Crippen LogP) is 3.89. The number of furan rings is 1. The fraction of sp³-hybridized carbons (Fsp3) is 0.364. The third-order valence-corrected chi connectivity index (χ3v) is 5.38. The second-order valence-electron chi connectivity index (χ2n) is 3.96. The van der Waals surface area contributed by atoms with Gasteiger partial charge in [0.2, 0.25) is 0 Å².